The largest absolute Gasteiger partial charge is 0.319 e. The minimum atomic E-state index is -4.16. The zero-order valence-electron chi connectivity index (χ0n) is 14.4. The minimum Gasteiger partial charge on any atom is -0.319 e. The maximum absolute atomic E-state index is 13.8. The Morgan fingerprint density at radius 1 is 0.828 bits per heavy atom. The molecule has 0 unspecified atom stereocenters. The number of amides is 1. The molecule has 0 saturated carbocycles. The molecule has 0 saturated heterocycles. The van der Waals surface area contributed by atoms with Gasteiger partial charge in [0.2, 0.25) is 0 Å². The Hall–Kier alpha value is -3.04. The highest BCUT2D eigenvalue weighted by molar-refractivity contribution is 7.92. The van der Waals surface area contributed by atoms with Crippen LogP contribution in [0.1, 0.15) is 10.4 Å². The number of carbonyl (C=O) groups is 1. The average Bonchev–Trinajstić information content (AvgIpc) is 2.66. The highest BCUT2D eigenvalue weighted by Gasteiger charge is 2.17. The van der Waals surface area contributed by atoms with E-state index in [0.29, 0.717) is 12.1 Å². The maximum atomic E-state index is 13.8. The number of hydrogen-bond donors (Lipinski definition) is 2. The molecule has 3 rings (SSSR count). The number of hydrogen-bond acceptors (Lipinski definition) is 3. The number of anilines is 2. The number of nitrogens with one attached hydrogen (secondary N) is 2. The summed E-state index contributed by atoms with van der Waals surface area (Å²) in [5, 5.41) is 2.55. The van der Waals surface area contributed by atoms with Crippen LogP contribution in [0.4, 0.5) is 24.5 Å². The SMILES string of the molecule is O=C(Nc1ccc(Cl)cc1F)c1ccc(NS(=O)(=O)c2ccc(F)c(F)c2)cc1. The van der Waals surface area contributed by atoms with Crippen LogP contribution in [0.2, 0.25) is 5.02 Å². The second kappa shape index (κ2) is 8.14. The molecule has 3 aromatic rings. The van der Waals surface area contributed by atoms with Crippen LogP contribution in [-0.2, 0) is 10.0 Å². The van der Waals surface area contributed by atoms with Crippen molar-refractivity contribution < 1.29 is 26.4 Å². The third-order valence-corrected chi connectivity index (χ3v) is 5.39. The van der Waals surface area contributed by atoms with E-state index >= 15 is 0 Å². The van der Waals surface area contributed by atoms with Crippen LogP contribution in [0.5, 0.6) is 0 Å². The molecular formula is C19H12ClF3N2O3S. The zero-order valence-corrected chi connectivity index (χ0v) is 16.0. The molecule has 0 aliphatic heterocycles. The highest BCUT2D eigenvalue weighted by Crippen LogP contribution is 2.21. The molecule has 3 aromatic carbocycles. The van der Waals surface area contributed by atoms with Gasteiger partial charge in [0.25, 0.3) is 15.9 Å². The van der Waals surface area contributed by atoms with E-state index in [1.54, 1.807) is 0 Å². The first kappa shape index (κ1) is 20.7. The lowest BCUT2D eigenvalue weighted by Gasteiger charge is -2.10. The molecule has 0 aromatic heterocycles. The number of halogens is 4. The third-order valence-electron chi connectivity index (χ3n) is 3.78. The third kappa shape index (κ3) is 4.87. The lowest BCUT2D eigenvalue weighted by molar-refractivity contribution is 0.102. The first-order valence-electron chi connectivity index (χ1n) is 8.00. The summed E-state index contributed by atoms with van der Waals surface area (Å²) in [5.74, 6) is -3.80. The predicted octanol–water partition coefficient (Wildman–Crippen LogP) is 4.81. The molecule has 0 aliphatic rings. The van der Waals surface area contributed by atoms with Crippen LogP contribution in [-0.4, -0.2) is 14.3 Å². The summed E-state index contributed by atoms with van der Waals surface area (Å²) in [6.07, 6.45) is 0. The van der Waals surface area contributed by atoms with Gasteiger partial charge in [-0.2, -0.15) is 0 Å². The Morgan fingerprint density at radius 2 is 1.52 bits per heavy atom. The molecule has 0 bridgehead atoms. The van der Waals surface area contributed by atoms with Crippen molar-refractivity contribution in [2.45, 2.75) is 4.90 Å². The normalized spacial score (nSPS) is 11.2. The van der Waals surface area contributed by atoms with Gasteiger partial charge in [-0.15, -0.1) is 0 Å². The monoisotopic (exact) mass is 440 g/mol. The van der Waals surface area contributed by atoms with Gasteiger partial charge < -0.3 is 5.32 Å². The van der Waals surface area contributed by atoms with E-state index in [9.17, 15) is 26.4 Å². The van der Waals surface area contributed by atoms with Gasteiger partial charge >= 0.3 is 0 Å². The van der Waals surface area contributed by atoms with Gasteiger partial charge in [-0.05, 0) is 60.7 Å². The highest BCUT2D eigenvalue weighted by atomic mass is 35.5. The molecule has 0 spiro atoms. The number of rotatable bonds is 5. The van der Waals surface area contributed by atoms with Gasteiger partial charge in [0.05, 0.1) is 10.6 Å². The van der Waals surface area contributed by atoms with Crippen LogP contribution in [0.25, 0.3) is 0 Å². The molecular weight excluding hydrogens is 429 g/mol. The fourth-order valence-electron chi connectivity index (χ4n) is 2.33. The summed E-state index contributed by atoms with van der Waals surface area (Å²) in [7, 11) is -4.16. The lowest BCUT2D eigenvalue weighted by atomic mass is 10.2. The summed E-state index contributed by atoms with van der Waals surface area (Å²) in [4.78, 5) is 11.8. The van der Waals surface area contributed by atoms with Crippen molar-refractivity contribution >= 4 is 38.9 Å². The Bertz CT molecular complexity index is 1190. The Balaban J connectivity index is 1.74. The van der Waals surface area contributed by atoms with E-state index in [1.807, 2.05) is 0 Å². The number of sulfonamides is 1. The molecule has 150 valence electrons. The van der Waals surface area contributed by atoms with E-state index in [0.717, 1.165) is 12.1 Å². The molecule has 10 heteroatoms. The van der Waals surface area contributed by atoms with Crippen molar-refractivity contribution in [1.82, 2.24) is 0 Å². The van der Waals surface area contributed by atoms with Gasteiger partial charge in [-0.25, -0.2) is 21.6 Å². The molecule has 29 heavy (non-hydrogen) atoms. The van der Waals surface area contributed by atoms with E-state index in [1.165, 1.54) is 36.4 Å². The maximum Gasteiger partial charge on any atom is 0.261 e. The van der Waals surface area contributed by atoms with Crippen LogP contribution >= 0.6 is 11.6 Å². The van der Waals surface area contributed by atoms with Crippen LogP contribution < -0.4 is 10.0 Å². The second-order valence-electron chi connectivity index (χ2n) is 5.84. The van der Waals surface area contributed by atoms with Gasteiger partial charge in [0, 0.05) is 16.3 Å². The number of benzene rings is 3. The van der Waals surface area contributed by atoms with Crippen molar-refractivity contribution in [2.75, 3.05) is 10.0 Å². The van der Waals surface area contributed by atoms with E-state index in [4.69, 9.17) is 11.6 Å². The van der Waals surface area contributed by atoms with Crippen molar-refractivity contribution in [1.29, 1.82) is 0 Å². The van der Waals surface area contributed by atoms with Crippen molar-refractivity contribution in [2.24, 2.45) is 0 Å². The Morgan fingerprint density at radius 3 is 2.14 bits per heavy atom. The van der Waals surface area contributed by atoms with Crippen LogP contribution in [0.15, 0.2) is 65.6 Å². The smallest absolute Gasteiger partial charge is 0.261 e. The fourth-order valence-corrected chi connectivity index (χ4v) is 3.56. The first-order chi connectivity index (χ1) is 13.7. The van der Waals surface area contributed by atoms with Crippen molar-refractivity contribution in [3.8, 4) is 0 Å². The fraction of sp³-hybridized carbons (Fsp3) is 0. The van der Waals surface area contributed by atoms with E-state index in [2.05, 4.69) is 10.0 Å². The standard InChI is InChI=1S/C19H12ClF3N2O3S/c20-12-3-8-18(17(23)9-12)24-19(26)11-1-4-13(5-2-11)25-29(27,28)14-6-7-15(21)16(22)10-14/h1-10,25H,(H,24,26). The molecule has 0 atom stereocenters. The van der Waals surface area contributed by atoms with Gasteiger partial charge in [-0.1, -0.05) is 11.6 Å². The van der Waals surface area contributed by atoms with Gasteiger partial charge in [-0.3, -0.25) is 9.52 Å². The van der Waals surface area contributed by atoms with Gasteiger partial charge in [0.15, 0.2) is 11.6 Å². The Labute approximate surface area is 169 Å². The van der Waals surface area contributed by atoms with Crippen LogP contribution in [0.3, 0.4) is 0 Å². The molecule has 0 aliphatic carbocycles. The molecule has 1 amide bonds. The minimum absolute atomic E-state index is 0.0671. The van der Waals surface area contributed by atoms with E-state index in [-0.39, 0.29) is 22.0 Å². The first-order valence-corrected chi connectivity index (χ1v) is 9.86. The average molecular weight is 441 g/mol. The molecule has 0 heterocycles. The second-order valence-corrected chi connectivity index (χ2v) is 7.96. The summed E-state index contributed by atoms with van der Waals surface area (Å²) in [5.41, 5.74) is 0.154. The van der Waals surface area contributed by atoms with Crippen LogP contribution in [0, 0.1) is 17.5 Å². The predicted molar refractivity (Wildman–Crippen MR) is 103 cm³/mol. The topological polar surface area (TPSA) is 75.3 Å². The summed E-state index contributed by atoms with van der Waals surface area (Å²) >= 11 is 5.65. The quantitative estimate of drug-likeness (QED) is 0.597. The summed E-state index contributed by atoms with van der Waals surface area (Å²) in [6.45, 7) is 0. The van der Waals surface area contributed by atoms with Crippen molar-refractivity contribution in [3.05, 3.63) is 88.7 Å². The lowest BCUT2D eigenvalue weighted by Crippen LogP contribution is -2.15. The molecule has 0 radical (unpaired) electrons. The number of carbonyl (C=O) groups excluding carboxylic acids is 1. The molecule has 2 N–H and O–H groups in total. The summed E-state index contributed by atoms with van der Waals surface area (Å²) in [6, 6.07) is 11.2. The van der Waals surface area contributed by atoms with E-state index < -0.39 is 38.3 Å². The molecule has 0 fully saturated rings. The Kier molecular flexibility index (Phi) is 5.81. The summed E-state index contributed by atoms with van der Waals surface area (Å²) < 4.78 is 66.7. The van der Waals surface area contributed by atoms with Crippen molar-refractivity contribution in [3.63, 3.8) is 0 Å². The molecule has 5 nitrogen and oxygen atoms in total. The van der Waals surface area contributed by atoms with Gasteiger partial charge in [0.1, 0.15) is 5.82 Å². The zero-order chi connectivity index (χ0) is 21.2.